The van der Waals surface area contributed by atoms with Crippen LogP contribution < -0.4 is 11.5 Å². The number of aromatic nitrogens is 1. The second-order valence-corrected chi connectivity index (χ2v) is 5.23. The average Bonchev–Trinajstić information content (AvgIpc) is 2.52. The molecule has 1 aromatic heterocycles. The summed E-state index contributed by atoms with van der Waals surface area (Å²) in [5.74, 6) is 0.261. The van der Waals surface area contributed by atoms with Gasteiger partial charge < -0.3 is 16.6 Å². The fourth-order valence-corrected chi connectivity index (χ4v) is 2.41. The van der Waals surface area contributed by atoms with E-state index in [-0.39, 0.29) is 25.0 Å². The monoisotopic (exact) mass is 312 g/mol. The number of hydrogen-bond acceptors (Lipinski definition) is 5. The molecule has 0 spiro atoms. The van der Waals surface area contributed by atoms with Crippen molar-refractivity contribution in [2.45, 2.75) is 39.7 Å². The maximum atomic E-state index is 9.98. The first-order valence-electron chi connectivity index (χ1n) is 7.33. The van der Waals surface area contributed by atoms with Crippen molar-refractivity contribution in [1.29, 1.82) is 5.26 Å². The number of nitrogens with two attached hydrogens (primary N) is 2. The highest BCUT2D eigenvalue weighted by Gasteiger charge is 2.17. The minimum absolute atomic E-state index is 0. The van der Waals surface area contributed by atoms with Gasteiger partial charge in [0.15, 0.2) is 0 Å². The lowest BCUT2D eigenvalue weighted by molar-refractivity contribution is 0.477. The van der Waals surface area contributed by atoms with Crippen molar-refractivity contribution < 1.29 is 5.11 Å². The predicted octanol–water partition coefficient (Wildman–Crippen LogP) is 3.73. The number of nitrogens with zero attached hydrogens (tertiary/aromatic N) is 2. The van der Waals surface area contributed by atoms with Crippen LogP contribution in [-0.4, -0.2) is 10.1 Å². The zero-order valence-corrected chi connectivity index (χ0v) is 12.6. The van der Waals surface area contributed by atoms with Crippen LogP contribution >= 0.6 is 0 Å². The van der Waals surface area contributed by atoms with Crippen LogP contribution in [-0.2, 0) is 0 Å². The first-order valence-corrected chi connectivity index (χ1v) is 7.33. The van der Waals surface area contributed by atoms with Crippen molar-refractivity contribution in [2.75, 3.05) is 5.73 Å². The van der Waals surface area contributed by atoms with Gasteiger partial charge in [0.05, 0.1) is 11.3 Å². The summed E-state index contributed by atoms with van der Waals surface area (Å²) in [5.41, 5.74) is 14.2. The number of phenolic OH excluding ortho intramolecular Hbond substituents is 1. The van der Waals surface area contributed by atoms with E-state index in [0.29, 0.717) is 22.4 Å². The molecule has 5 N–H and O–H groups in total. The third-order valence-electron chi connectivity index (χ3n) is 3.64. The molecule has 0 unspecified atom stereocenters. The van der Waals surface area contributed by atoms with Crippen LogP contribution in [0.15, 0.2) is 30.3 Å². The Morgan fingerprint density at radius 1 is 1.35 bits per heavy atom. The molecule has 0 fully saturated rings. The van der Waals surface area contributed by atoms with Crippen molar-refractivity contribution in [3.63, 3.8) is 0 Å². The predicted molar refractivity (Wildman–Crippen MR) is 93.6 cm³/mol. The molecule has 23 heavy (non-hydrogen) atoms. The van der Waals surface area contributed by atoms with E-state index in [1.165, 1.54) is 0 Å². The maximum Gasteiger partial charge on any atom is 0.142 e. The Hall–Kier alpha value is -2.58. The lowest BCUT2D eigenvalue weighted by atomic mass is 9.96. The van der Waals surface area contributed by atoms with Crippen molar-refractivity contribution in [3.8, 4) is 23.1 Å². The largest absolute Gasteiger partial charge is 0.507 e. The number of nitrogen functional groups attached to an aromatic ring is 1. The third kappa shape index (κ3) is 3.99. The standard InChI is InChI=1S/C17H20N4O.CH4/c1-2-3-7-14(19)12-9-15(21-17(20)13(12)10-18)11-6-4-5-8-16(11)22;/h4-6,8-9,14,22H,2-3,7,19H2,1H3,(H2,20,21);1H4/t14-;/m0./s1. The van der Waals surface area contributed by atoms with Gasteiger partial charge in [-0.1, -0.05) is 39.3 Å². The van der Waals surface area contributed by atoms with Crippen molar-refractivity contribution in [3.05, 3.63) is 41.5 Å². The summed E-state index contributed by atoms with van der Waals surface area (Å²) in [7, 11) is 0. The number of nitriles is 1. The second kappa shape index (κ2) is 8.16. The highest BCUT2D eigenvalue weighted by atomic mass is 16.3. The van der Waals surface area contributed by atoms with Gasteiger partial charge in [0.25, 0.3) is 0 Å². The zero-order valence-electron chi connectivity index (χ0n) is 12.6. The van der Waals surface area contributed by atoms with Crippen molar-refractivity contribution in [1.82, 2.24) is 4.98 Å². The Morgan fingerprint density at radius 3 is 2.65 bits per heavy atom. The van der Waals surface area contributed by atoms with Crippen LogP contribution in [0.2, 0.25) is 0 Å². The van der Waals surface area contributed by atoms with Crippen molar-refractivity contribution in [2.24, 2.45) is 5.73 Å². The van der Waals surface area contributed by atoms with Crippen LogP contribution in [0.3, 0.4) is 0 Å². The lowest BCUT2D eigenvalue weighted by Crippen LogP contribution is -2.14. The van der Waals surface area contributed by atoms with Gasteiger partial charge in [-0.05, 0) is 30.2 Å². The summed E-state index contributed by atoms with van der Waals surface area (Å²) in [6.45, 7) is 2.09. The van der Waals surface area contributed by atoms with Crippen LogP contribution in [0.4, 0.5) is 5.82 Å². The van der Waals surface area contributed by atoms with Gasteiger partial charge in [0, 0.05) is 11.6 Å². The van der Waals surface area contributed by atoms with Crippen LogP contribution in [0.25, 0.3) is 11.3 Å². The number of para-hydroxylation sites is 1. The van der Waals surface area contributed by atoms with Gasteiger partial charge in [0.1, 0.15) is 17.6 Å². The number of rotatable bonds is 5. The molecule has 0 saturated carbocycles. The highest BCUT2D eigenvalue weighted by molar-refractivity contribution is 5.71. The van der Waals surface area contributed by atoms with Gasteiger partial charge in [-0.25, -0.2) is 4.98 Å². The molecule has 5 nitrogen and oxygen atoms in total. The molecule has 1 atom stereocenters. The molecule has 0 aliphatic carbocycles. The lowest BCUT2D eigenvalue weighted by Gasteiger charge is -2.16. The molecule has 5 heteroatoms. The first-order chi connectivity index (χ1) is 10.6. The van der Waals surface area contributed by atoms with Crippen molar-refractivity contribution >= 4 is 5.82 Å². The van der Waals surface area contributed by atoms with E-state index in [1.807, 2.05) is 6.07 Å². The van der Waals surface area contributed by atoms with E-state index in [1.54, 1.807) is 24.3 Å². The molecule has 2 rings (SSSR count). The van der Waals surface area contributed by atoms with Gasteiger partial charge in [-0.15, -0.1) is 0 Å². The van der Waals surface area contributed by atoms with Gasteiger partial charge in [-0.2, -0.15) is 5.26 Å². The first kappa shape index (κ1) is 18.5. The molecule has 0 saturated heterocycles. The number of benzene rings is 1. The van der Waals surface area contributed by atoms with E-state index in [4.69, 9.17) is 11.5 Å². The Balaban J connectivity index is 0.00000264. The van der Waals surface area contributed by atoms with E-state index in [9.17, 15) is 10.4 Å². The SMILES string of the molecule is C.CCCC[C@H](N)c1cc(-c2ccccc2O)nc(N)c1C#N. The molecule has 0 amide bonds. The molecular formula is C18H24N4O. The molecule has 1 aromatic carbocycles. The molecule has 0 radical (unpaired) electrons. The molecule has 0 aliphatic heterocycles. The van der Waals surface area contributed by atoms with Crippen LogP contribution in [0, 0.1) is 11.3 Å². The number of pyridine rings is 1. The minimum Gasteiger partial charge on any atom is -0.507 e. The fourth-order valence-electron chi connectivity index (χ4n) is 2.41. The molecular weight excluding hydrogens is 288 g/mol. The summed E-state index contributed by atoms with van der Waals surface area (Å²) in [6.07, 6.45) is 2.78. The Labute approximate surface area is 137 Å². The summed E-state index contributed by atoms with van der Waals surface area (Å²) in [5, 5.41) is 19.3. The quantitative estimate of drug-likeness (QED) is 0.779. The molecule has 1 heterocycles. The second-order valence-electron chi connectivity index (χ2n) is 5.23. The number of hydrogen-bond donors (Lipinski definition) is 3. The topological polar surface area (TPSA) is 109 Å². The van der Waals surface area contributed by atoms with E-state index in [0.717, 1.165) is 19.3 Å². The average molecular weight is 312 g/mol. The third-order valence-corrected chi connectivity index (χ3v) is 3.64. The normalized spacial score (nSPS) is 11.3. The zero-order chi connectivity index (χ0) is 16.1. The smallest absolute Gasteiger partial charge is 0.142 e. The number of phenols is 1. The maximum absolute atomic E-state index is 9.98. The minimum atomic E-state index is -0.274. The summed E-state index contributed by atoms with van der Waals surface area (Å²) in [4.78, 5) is 4.24. The van der Waals surface area contributed by atoms with E-state index >= 15 is 0 Å². The van der Waals surface area contributed by atoms with E-state index in [2.05, 4.69) is 18.0 Å². The number of anilines is 1. The molecule has 122 valence electrons. The molecule has 0 bridgehead atoms. The van der Waals surface area contributed by atoms with E-state index < -0.39 is 0 Å². The Bertz CT molecular complexity index is 707. The summed E-state index contributed by atoms with van der Waals surface area (Å²) < 4.78 is 0. The molecule has 2 aromatic rings. The number of unbranched alkanes of at least 4 members (excludes halogenated alkanes) is 1. The fraction of sp³-hybridized carbons (Fsp3) is 0.333. The summed E-state index contributed by atoms with van der Waals surface area (Å²) in [6, 6.07) is 10.4. The number of aromatic hydroxyl groups is 1. The summed E-state index contributed by atoms with van der Waals surface area (Å²) >= 11 is 0. The van der Waals surface area contributed by atoms with Crippen LogP contribution in [0.5, 0.6) is 5.75 Å². The highest BCUT2D eigenvalue weighted by Crippen LogP contribution is 2.32. The van der Waals surface area contributed by atoms with Gasteiger partial charge in [0.2, 0.25) is 0 Å². The molecule has 0 aliphatic rings. The van der Waals surface area contributed by atoms with Gasteiger partial charge >= 0.3 is 0 Å². The van der Waals surface area contributed by atoms with Crippen LogP contribution in [0.1, 0.15) is 50.8 Å². The Morgan fingerprint density at radius 2 is 2.04 bits per heavy atom. The Kier molecular flexibility index (Phi) is 6.55. The van der Waals surface area contributed by atoms with Gasteiger partial charge in [-0.3, -0.25) is 0 Å².